The van der Waals surface area contributed by atoms with Crippen molar-refractivity contribution in [3.8, 4) is 0 Å². The van der Waals surface area contributed by atoms with Crippen molar-refractivity contribution in [1.29, 1.82) is 0 Å². The lowest BCUT2D eigenvalue weighted by molar-refractivity contribution is 0.919. The number of fused-ring (bicyclic) bond motifs is 2. The quantitative estimate of drug-likeness (QED) is 0.598. The predicted molar refractivity (Wildman–Crippen MR) is 94.1 cm³/mol. The fourth-order valence-electron chi connectivity index (χ4n) is 2.36. The minimum Gasteiger partial charge on any atom is -0.330 e. The lowest BCUT2D eigenvalue weighted by Crippen LogP contribution is -2.15. The minimum absolute atomic E-state index is 0.198. The molecule has 0 radical (unpaired) electrons. The molecule has 7 heteroatoms. The number of nitrogens with zero attached hydrogens (tertiary/aromatic N) is 3. The van der Waals surface area contributed by atoms with Gasteiger partial charge in [-0.15, -0.1) is 5.10 Å². The van der Waals surface area contributed by atoms with Crippen LogP contribution in [-0.4, -0.2) is 14.6 Å². The van der Waals surface area contributed by atoms with E-state index in [1.807, 2.05) is 31.2 Å². The van der Waals surface area contributed by atoms with Gasteiger partial charge in [0.25, 0.3) is 5.56 Å². The van der Waals surface area contributed by atoms with Crippen LogP contribution in [0.2, 0.25) is 5.02 Å². The Morgan fingerprint density at radius 1 is 1.22 bits per heavy atom. The Labute approximate surface area is 140 Å². The largest absolute Gasteiger partial charge is 0.330 e. The number of hydrogen-bond acceptors (Lipinski definition) is 5. The molecular weight excluding hydrogens is 332 g/mol. The van der Waals surface area contributed by atoms with Crippen molar-refractivity contribution in [1.82, 2.24) is 14.6 Å². The summed E-state index contributed by atoms with van der Waals surface area (Å²) in [5, 5.41) is 9.24. The molecule has 0 unspecified atom stereocenters. The van der Waals surface area contributed by atoms with Crippen LogP contribution in [0.4, 0.5) is 10.8 Å². The molecule has 114 valence electrons. The minimum atomic E-state index is -0.198. The number of aromatic nitrogens is 3. The zero-order chi connectivity index (χ0) is 16.0. The summed E-state index contributed by atoms with van der Waals surface area (Å²) >= 11 is 7.30. The fourth-order valence-corrected chi connectivity index (χ4v) is 3.34. The molecule has 1 N–H and O–H groups in total. The third kappa shape index (κ3) is 2.46. The number of para-hydroxylation sites is 1. The Morgan fingerprint density at radius 3 is 2.87 bits per heavy atom. The van der Waals surface area contributed by atoms with Crippen LogP contribution in [0, 0.1) is 6.92 Å². The molecule has 4 rings (SSSR count). The normalized spacial score (nSPS) is 11.2. The first-order chi connectivity index (χ1) is 11.1. The van der Waals surface area contributed by atoms with E-state index >= 15 is 0 Å². The molecule has 2 heterocycles. The third-order valence-corrected chi connectivity index (χ3v) is 4.60. The zero-order valence-corrected chi connectivity index (χ0v) is 13.6. The van der Waals surface area contributed by atoms with Crippen molar-refractivity contribution in [2.45, 2.75) is 6.92 Å². The second-order valence-corrected chi connectivity index (χ2v) is 6.51. The Morgan fingerprint density at radius 2 is 2.04 bits per heavy atom. The summed E-state index contributed by atoms with van der Waals surface area (Å²) in [5.41, 5.74) is 2.43. The monoisotopic (exact) mass is 342 g/mol. The third-order valence-electron chi connectivity index (χ3n) is 3.55. The first-order valence-electron chi connectivity index (χ1n) is 6.93. The van der Waals surface area contributed by atoms with Crippen molar-refractivity contribution in [2.75, 3.05) is 5.32 Å². The lowest BCUT2D eigenvalue weighted by Gasteiger charge is -2.04. The zero-order valence-electron chi connectivity index (χ0n) is 12.1. The molecule has 4 aromatic rings. The summed E-state index contributed by atoms with van der Waals surface area (Å²) in [6.45, 7) is 2.01. The van der Waals surface area contributed by atoms with E-state index in [9.17, 15) is 4.79 Å². The number of halogens is 1. The Kier molecular flexibility index (Phi) is 3.28. The molecule has 0 amide bonds. The number of hydrogen-bond donors (Lipinski definition) is 1. The van der Waals surface area contributed by atoms with Crippen molar-refractivity contribution >= 4 is 49.6 Å². The summed E-state index contributed by atoms with van der Waals surface area (Å²) in [4.78, 5) is 17.5. The predicted octanol–water partition coefficient (Wildman–Crippen LogP) is 4.01. The molecule has 0 saturated carbocycles. The molecular formula is C16H11ClN4OS. The molecule has 23 heavy (non-hydrogen) atoms. The highest BCUT2D eigenvalue weighted by atomic mass is 35.5. The maximum absolute atomic E-state index is 12.5. The molecule has 2 aromatic carbocycles. The first-order valence-corrected chi connectivity index (χ1v) is 8.13. The SMILES string of the molecule is Cc1ccccc1Nc1nn2c(=O)c3ccc(Cl)cc3nc2s1. The highest BCUT2D eigenvalue weighted by Crippen LogP contribution is 2.25. The number of rotatable bonds is 2. The Bertz CT molecular complexity index is 1100. The van der Waals surface area contributed by atoms with Gasteiger partial charge in [0.15, 0.2) is 0 Å². The number of anilines is 2. The van der Waals surface area contributed by atoms with Crippen LogP contribution in [-0.2, 0) is 0 Å². The highest BCUT2D eigenvalue weighted by molar-refractivity contribution is 7.20. The van der Waals surface area contributed by atoms with E-state index in [0.29, 0.717) is 26.0 Å². The molecule has 0 bridgehead atoms. The van der Waals surface area contributed by atoms with Crippen molar-refractivity contribution in [3.63, 3.8) is 0 Å². The molecule has 0 fully saturated rings. The van der Waals surface area contributed by atoms with Gasteiger partial charge in [-0.1, -0.05) is 41.1 Å². The number of nitrogens with one attached hydrogen (secondary N) is 1. The van der Waals surface area contributed by atoms with E-state index in [-0.39, 0.29) is 5.56 Å². The summed E-state index contributed by atoms with van der Waals surface area (Å²) in [6.07, 6.45) is 0. The van der Waals surface area contributed by atoms with Gasteiger partial charge >= 0.3 is 0 Å². The maximum atomic E-state index is 12.5. The van der Waals surface area contributed by atoms with Crippen LogP contribution in [0.5, 0.6) is 0 Å². The molecule has 0 spiro atoms. The summed E-state index contributed by atoms with van der Waals surface area (Å²) in [5.74, 6) is 0. The number of aryl methyl sites for hydroxylation is 1. The standard InChI is InChI=1S/C16H11ClN4OS/c1-9-4-2-3-5-12(9)18-15-20-21-14(22)11-7-6-10(17)8-13(11)19-16(21)23-15/h2-8H,1H3,(H,18,20). The van der Waals surface area contributed by atoms with Crippen molar-refractivity contribution in [2.24, 2.45) is 0 Å². The van der Waals surface area contributed by atoms with Crippen LogP contribution >= 0.6 is 22.9 Å². The Balaban J connectivity index is 1.88. The van der Waals surface area contributed by atoms with Gasteiger partial charge in [0, 0.05) is 10.7 Å². The summed E-state index contributed by atoms with van der Waals surface area (Å²) in [6, 6.07) is 12.9. The Hall–Kier alpha value is -2.44. The van der Waals surface area contributed by atoms with E-state index in [2.05, 4.69) is 15.4 Å². The molecule has 0 aliphatic rings. The molecule has 0 aliphatic carbocycles. The molecule has 0 saturated heterocycles. The van der Waals surface area contributed by atoms with Gasteiger partial charge in [-0.2, -0.15) is 4.52 Å². The fraction of sp³-hybridized carbons (Fsp3) is 0.0625. The second-order valence-electron chi connectivity index (χ2n) is 5.12. The average Bonchev–Trinajstić information content (AvgIpc) is 2.92. The smallest absolute Gasteiger partial charge is 0.283 e. The van der Waals surface area contributed by atoms with Gasteiger partial charge < -0.3 is 5.32 Å². The lowest BCUT2D eigenvalue weighted by atomic mass is 10.2. The van der Waals surface area contributed by atoms with Crippen LogP contribution in [0.3, 0.4) is 0 Å². The van der Waals surface area contributed by atoms with Gasteiger partial charge in [-0.05, 0) is 36.8 Å². The second kappa shape index (κ2) is 5.33. The van der Waals surface area contributed by atoms with Crippen LogP contribution in [0.25, 0.3) is 15.9 Å². The molecule has 5 nitrogen and oxygen atoms in total. The van der Waals surface area contributed by atoms with Crippen molar-refractivity contribution < 1.29 is 0 Å². The summed E-state index contributed by atoms with van der Waals surface area (Å²) in [7, 11) is 0. The van der Waals surface area contributed by atoms with Gasteiger partial charge in [0.2, 0.25) is 10.1 Å². The highest BCUT2D eigenvalue weighted by Gasteiger charge is 2.11. The summed E-state index contributed by atoms with van der Waals surface area (Å²) < 4.78 is 1.32. The van der Waals surface area contributed by atoms with E-state index in [1.54, 1.807) is 18.2 Å². The van der Waals surface area contributed by atoms with Crippen molar-refractivity contribution in [3.05, 3.63) is 63.4 Å². The molecule has 0 aliphatic heterocycles. The van der Waals surface area contributed by atoms with Crippen LogP contribution < -0.4 is 10.9 Å². The van der Waals surface area contributed by atoms with E-state index < -0.39 is 0 Å². The molecule has 2 aromatic heterocycles. The van der Waals surface area contributed by atoms with E-state index in [4.69, 9.17) is 11.6 Å². The van der Waals surface area contributed by atoms with E-state index in [0.717, 1.165) is 11.3 Å². The van der Waals surface area contributed by atoms with Gasteiger partial charge in [-0.3, -0.25) is 4.79 Å². The van der Waals surface area contributed by atoms with Gasteiger partial charge in [-0.25, -0.2) is 4.98 Å². The van der Waals surface area contributed by atoms with E-state index in [1.165, 1.54) is 15.9 Å². The maximum Gasteiger partial charge on any atom is 0.283 e. The topological polar surface area (TPSA) is 59.3 Å². The van der Waals surface area contributed by atoms with Gasteiger partial charge in [0.1, 0.15) is 0 Å². The average molecular weight is 343 g/mol. The first kappa shape index (κ1) is 14.2. The van der Waals surface area contributed by atoms with Gasteiger partial charge in [0.05, 0.1) is 10.9 Å². The molecule has 0 atom stereocenters. The number of benzene rings is 2. The van der Waals surface area contributed by atoms with Crippen LogP contribution in [0.1, 0.15) is 5.56 Å². The van der Waals surface area contributed by atoms with Crippen LogP contribution in [0.15, 0.2) is 47.3 Å².